The van der Waals surface area contributed by atoms with Gasteiger partial charge in [0.2, 0.25) is 0 Å². The average Bonchev–Trinajstić information content (AvgIpc) is 2.82. The molecule has 0 radical (unpaired) electrons. The van der Waals surface area contributed by atoms with Crippen molar-refractivity contribution in [3.63, 3.8) is 0 Å². The van der Waals surface area contributed by atoms with Crippen LogP contribution < -0.4 is 0 Å². The molecule has 0 amide bonds. The lowest BCUT2D eigenvalue weighted by atomic mass is 9.91. The number of ether oxygens (including phenoxy) is 1. The van der Waals surface area contributed by atoms with Crippen LogP contribution in [0.1, 0.15) is 24.6 Å². The fraction of sp³-hybridized carbons (Fsp3) is 0.400. The molecule has 0 saturated carbocycles. The predicted molar refractivity (Wildman–Crippen MR) is 81.5 cm³/mol. The van der Waals surface area contributed by atoms with E-state index in [0.717, 1.165) is 28.7 Å². The first kappa shape index (κ1) is 15.2. The molecule has 0 aliphatic rings. The number of aliphatic hydroxyl groups is 1. The van der Waals surface area contributed by atoms with Gasteiger partial charge in [-0.05, 0) is 27.9 Å². The number of halogens is 1. The molecule has 1 aromatic carbocycles. The van der Waals surface area contributed by atoms with Gasteiger partial charge in [-0.15, -0.1) is 0 Å². The van der Waals surface area contributed by atoms with Gasteiger partial charge in [0.25, 0.3) is 0 Å². The summed E-state index contributed by atoms with van der Waals surface area (Å²) in [6.07, 6.45) is 2.66. The molecule has 2 rings (SSSR count). The van der Waals surface area contributed by atoms with Gasteiger partial charge in [-0.25, -0.2) is 0 Å². The third-order valence-corrected chi connectivity index (χ3v) is 3.81. The van der Waals surface area contributed by atoms with Crippen molar-refractivity contribution in [1.82, 2.24) is 9.78 Å². The van der Waals surface area contributed by atoms with Crippen LogP contribution in [-0.4, -0.2) is 28.6 Å². The molecule has 1 aromatic heterocycles. The van der Waals surface area contributed by atoms with Crippen LogP contribution in [0.25, 0.3) is 0 Å². The van der Waals surface area contributed by atoms with Crippen LogP contribution in [0.15, 0.2) is 41.0 Å². The molecule has 5 heteroatoms. The Kier molecular flexibility index (Phi) is 4.96. The predicted octanol–water partition coefficient (Wildman–Crippen LogP) is 2.94. The van der Waals surface area contributed by atoms with E-state index >= 15 is 0 Å². The summed E-state index contributed by atoms with van der Waals surface area (Å²) in [7, 11) is 1.59. The lowest BCUT2D eigenvalue weighted by Crippen LogP contribution is -2.35. The smallest absolute Gasteiger partial charge is 0.155 e. The molecular weight excluding hydrogens is 320 g/mol. The topological polar surface area (TPSA) is 47.3 Å². The van der Waals surface area contributed by atoms with Crippen molar-refractivity contribution < 1.29 is 9.84 Å². The van der Waals surface area contributed by atoms with Gasteiger partial charge in [-0.3, -0.25) is 4.68 Å². The van der Waals surface area contributed by atoms with Crippen LogP contribution in [0.2, 0.25) is 0 Å². The van der Waals surface area contributed by atoms with Crippen LogP contribution in [0.3, 0.4) is 0 Å². The van der Waals surface area contributed by atoms with E-state index in [9.17, 15) is 5.11 Å². The molecule has 1 N–H and O–H groups in total. The first-order valence-corrected chi connectivity index (χ1v) is 7.41. The molecule has 108 valence electrons. The molecule has 4 nitrogen and oxygen atoms in total. The number of rotatable bonds is 6. The van der Waals surface area contributed by atoms with Crippen LogP contribution in [0, 0.1) is 0 Å². The highest BCUT2D eigenvalue weighted by Crippen LogP contribution is 2.34. The van der Waals surface area contributed by atoms with Crippen molar-refractivity contribution in [2.45, 2.75) is 25.5 Å². The first-order chi connectivity index (χ1) is 9.63. The summed E-state index contributed by atoms with van der Waals surface area (Å²) in [4.78, 5) is 0. The third-order valence-electron chi connectivity index (χ3n) is 3.23. The molecule has 0 fully saturated rings. The van der Waals surface area contributed by atoms with Gasteiger partial charge < -0.3 is 9.84 Å². The Balaban J connectivity index is 2.56. The van der Waals surface area contributed by atoms with Crippen LogP contribution in [-0.2, 0) is 16.9 Å². The van der Waals surface area contributed by atoms with Crippen LogP contribution >= 0.6 is 15.9 Å². The van der Waals surface area contributed by atoms with Crippen LogP contribution in [0.5, 0.6) is 0 Å². The summed E-state index contributed by atoms with van der Waals surface area (Å²) in [6, 6.07) is 9.54. The molecular formula is C15H19BrN2O2. The molecule has 0 aliphatic carbocycles. The molecule has 1 unspecified atom stereocenters. The fourth-order valence-electron chi connectivity index (χ4n) is 2.37. The summed E-state index contributed by atoms with van der Waals surface area (Å²) in [5.74, 6) is 0. The Morgan fingerprint density at radius 3 is 2.65 bits per heavy atom. The minimum Gasteiger partial charge on any atom is -0.381 e. The molecule has 20 heavy (non-hydrogen) atoms. The van der Waals surface area contributed by atoms with E-state index in [-0.39, 0.29) is 6.61 Å². The van der Waals surface area contributed by atoms with Crippen molar-refractivity contribution in [2.24, 2.45) is 0 Å². The number of benzene rings is 1. The van der Waals surface area contributed by atoms with Crippen molar-refractivity contribution in [1.29, 1.82) is 0 Å². The Hall–Kier alpha value is -1.17. The number of nitrogens with zero attached hydrogens (tertiary/aromatic N) is 2. The quantitative estimate of drug-likeness (QED) is 0.880. The van der Waals surface area contributed by atoms with Gasteiger partial charge in [0.1, 0.15) is 0 Å². The number of aryl methyl sites for hydroxylation is 1. The van der Waals surface area contributed by atoms with Crippen LogP contribution in [0.4, 0.5) is 0 Å². The largest absolute Gasteiger partial charge is 0.381 e. The van der Waals surface area contributed by atoms with Crippen molar-refractivity contribution >= 4 is 15.9 Å². The number of aromatic nitrogens is 2. The SMILES string of the molecule is CCCn1ncc(Br)c1C(O)(COC)c1ccccc1. The van der Waals surface area contributed by atoms with Gasteiger partial charge in [0.15, 0.2) is 5.60 Å². The van der Waals surface area contributed by atoms with E-state index in [1.165, 1.54) is 0 Å². The lowest BCUT2D eigenvalue weighted by molar-refractivity contribution is -0.0102. The lowest BCUT2D eigenvalue weighted by Gasteiger charge is -2.29. The molecule has 1 heterocycles. The van der Waals surface area contributed by atoms with E-state index < -0.39 is 5.60 Å². The minimum absolute atomic E-state index is 0.172. The molecule has 2 aromatic rings. The van der Waals surface area contributed by atoms with E-state index in [4.69, 9.17) is 4.74 Å². The second kappa shape index (κ2) is 6.52. The first-order valence-electron chi connectivity index (χ1n) is 6.62. The normalized spacial score (nSPS) is 14.2. The monoisotopic (exact) mass is 338 g/mol. The molecule has 0 spiro atoms. The molecule has 0 aliphatic heterocycles. The van der Waals surface area contributed by atoms with E-state index in [1.54, 1.807) is 13.3 Å². The Labute approximate surface area is 127 Å². The zero-order chi connectivity index (χ0) is 14.6. The molecule has 1 atom stereocenters. The maximum absolute atomic E-state index is 11.2. The van der Waals surface area contributed by atoms with E-state index in [1.807, 2.05) is 35.0 Å². The zero-order valence-corrected chi connectivity index (χ0v) is 13.3. The number of hydrogen-bond donors (Lipinski definition) is 1. The summed E-state index contributed by atoms with van der Waals surface area (Å²) in [6.45, 7) is 3.00. The van der Waals surface area contributed by atoms with Gasteiger partial charge in [-0.1, -0.05) is 37.3 Å². The average molecular weight is 339 g/mol. The van der Waals surface area contributed by atoms with E-state index in [0.29, 0.717) is 0 Å². The second-order valence-corrected chi connectivity index (χ2v) is 5.58. The highest BCUT2D eigenvalue weighted by molar-refractivity contribution is 9.10. The summed E-state index contributed by atoms with van der Waals surface area (Å²) in [5, 5.41) is 15.5. The van der Waals surface area contributed by atoms with Gasteiger partial charge in [0, 0.05) is 13.7 Å². The van der Waals surface area contributed by atoms with Gasteiger partial charge >= 0.3 is 0 Å². The fourth-order valence-corrected chi connectivity index (χ4v) is 2.99. The zero-order valence-electron chi connectivity index (χ0n) is 11.7. The molecule has 0 saturated heterocycles. The maximum atomic E-state index is 11.2. The molecule has 0 bridgehead atoms. The highest BCUT2D eigenvalue weighted by atomic mass is 79.9. The number of hydrogen-bond acceptors (Lipinski definition) is 3. The van der Waals surface area contributed by atoms with Gasteiger partial charge in [-0.2, -0.15) is 5.10 Å². The summed E-state index contributed by atoms with van der Waals surface area (Å²) in [5.41, 5.74) is 0.299. The van der Waals surface area contributed by atoms with Crippen molar-refractivity contribution in [2.75, 3.05) is 13.7 Å². The van der Waals surface area contributed by atoms with Crippen molar-refractivity contribution in [3.05, 3.63) is 52.3 Å². The number of methoxy groups -OCH3 is 1. The second-order valence-electron chi connectivity index (χ2n) is 4.72. The third kappa shape index (κ3) is 2.80. The Morgan fingerprint density at radius 2 is 2.05 bits per heavy atom. The minimum atomic E-state index is -1.22. The summed E-state index contributed by atoms with van der Waals surface area (Å²) < 4.78 is 7.88. The van der Waals surface area contributed by atoms with Gasteiger partial charge in [0.05, 0.1) is 23.0 Å². The Bertz CT molecular complexity index is 556. The van der Waals surface area contributed by atoms with E-state index in [2.05, 4.69) is 28.0 Å². The standard InChI is InChI=1S/C15H19BrN2O2/c1-3-9-18-14(13(16)10-17-18)15(19,11-20-2)12-7-5-4-6-8-12/h4-8,10,19H,3,9,11H2,1-2H3. The summed E-state index contributed by atoms with van der Waals surface area (Å²) >= 11 is 3.49. The Morgan fingerprint density at radius 1 is 1.35 bits per heavy atom. The highest BCUT2D eigenvalue weighted by Gasteiger charge is 2.37. The van der Waals surface area contributed by atoms with Crippen molar-refractivity contribution in [3.8, 4) is 0 Å². The maximum Gasteiger partial charge on any atom is 0.155 e.